The molecule has 0 bridgehead atoms. The number of alkyl halides is 1. The van der Waals surface area contributed by atoms with Crippen LogP contribution in [-0.2, 0) is 8.53 Å². The van der Waals surface area contributed by atoms with Crippen LogP contribution in [0.5, 0.6) is 0 Å². The summed E-state index contributed by atoms with van der Waals surface area (Å²) < 4.78 is 9.51. The van der Waals surface area contributed by atoms with Gasteiger partial charge in [0.2, 0.25) is 0 Å². The van der Waals surface area contributed by atoms with Gasteiger partial charge in [-0.15, -0.1) is 11.6 Å². The van der Waals surface area contributed by atoms with Crippen molar-refractivity contribution in [2.75, 3.05) is 19.3 Å². The van der Waals surface area contributed by atoms with Crippen molar-refractivity contribution in [1.29, 1.82) is 0 Å². The molecule has 0 rings (SSSR count). The fraction of sp³-hybridized carbons (Fsp3) is 1.00. The molecule has 0 saturated carbocycles. The molecule has 0 saturated heterocycles. The van der Waals surface area contributed by atoms with Crippen LogP contribution >= 0.6 is 11.6 Å². The predicted octanol–water partition coefficient (Wildman–Crippen LogP) is -0.236. The average molecular weight is 139 g/mol. The highest BCUT2D eigenvalue weighted by Crippen LogP contribution is 1.76. The highest BCUT2D eigenvalue weighted by Gasteiger charge is 1.78. The molecule has 0 aliphatic heterocycles. The Kier molecular flexibility index (Phi) is 7.46. The van der Waals surface area contributed by atoms with E-state index in [0.29, 0.717) is 19.3 Å². The Morgan fingerprint density at radius 2 is 2.29 bits per heavy atom. The molecule has 0 aromatic heterocycles. The van der Waals surface area contributed by atoms with Gasteiger partial charge < -0.3 is 8.53 Å². The Morgan fingerprint density at radius 1 is 1.57 bits per heavy atom. The summed E-state index contributed by atoms with van der Waals surface area (Å²) in [7, 11) is 0. The molecule has 0 aliphatic carbocycles. The quantitative estimate of drug-likeness (QED) is 0.231. The summed E-state index contributed by atoms with van der Waals surface area (Å²) >= 11 is 6.01. The van der Waals surface area contributed by atoms with Crippen LogP contribution in [0.4, 0.5) is 0 Å². The first-order chi connectivity index (χ1) is 3.41. The lowest BCUT2D eigenvalue weighted by Gasteiger charge is -1.97. The minimum absolute atomic E-state index is 0.402. The Morgan fingerprint density at radius 3 is 2.71 bits per heavy atom. The molecule has 0 heterocycles. The maximum absolute atomic E-state index is 5.27. The molecule has 42 valence electrons. The molecule has 0 radical (unpaired) electrons. The first-order valence-corrected chi connectivity index (χ1v) is 3.39. The van der Waals surface area contributed by atoms with E-state index in [1.807, 2.05) is 0 Å². The number of rotatable bonds is 4. The lowest BCUT2D eigenvalue weighted by Crippen LogP contribution is -1.99. The molecule has 7 heavy (non-hydrogen) atoms. The van der Waals surface area contributed by atoms with Crippen LogP contribution in [0.2, 0.25) is 0 Å². The molecule has 2 nitrogen and oxygen atoms in total. The summed E-state index contributed by atoms with van der Waals surface area (Å²) in [6, 6.07) is 0. The standard InChI is InChI=1S/C3H6ClO2.Al.2H/c4-1-2-6-3-5;;;/h1-3H2;;;/q-1;+1;;. The maximum atomic E-state index is 5.27. The number of ether oxygens (including phenoxy) is 1. The first kappa shape index (κ1) is 7.74. The van der Waals surface area contributed by atoms with Gasteiger partial charge in [-0.2, -0.15) is 0 Å². The molecular weight excluding hydrogens is 130 g/mol. The molecule has 0 aliphatic rings. The van der Waals surface area contributed by atoms with Crippen molar-refractivity contribution in [2.45, 2.75) is 0 Å². The van der Waals surface area contributed by atoms with Crippen LogP contribution in [0.3, 0.4) is 0 Å². The van der Waals surface area contributed by atoms with E-state index in [-0.39, 0.29) is 0 Å². The predicted molar refractivity (Wildman–Crippen MR) is 31.2 cm³/mol. The van der Waals surface area contributed by atoms with Gasteiger partial charge in [-0.3, -0.25) is 0 Å². The minimum atomic E-state index is 0.402. The van der Waals surface area contributed by atoms with Gasteiger partial charge >= 0.3 is 16.6 Å². The molecule has 0 aromatic rings. The van der Waals surface area contributed by atoms with Gasteiger partial charge in [-0.1, -0.05) is 0 Å². The second kappa shape index (κ2) is 6.74. The molecule has 0 amide bonds. The summed E-state index contributed by atoms with van der Waals surface area (Å²) in [5.41, 5.74) is 0. The number of hydrogen-bond acceptors (Lipinski definition) is 2. The minimum Gasteiger partial charge on any atom is -0.486 e. The second-order valence-electron chi connectivity index (χ2n) is 1.00. The van der Waals surface area contributed by atoms with Crippen LogP contribution in [0, 0.1) is 0 Å². The molecule has 0 atom stereocenters. The van der Waals surface area contributed by atoms with E-state index in [9.17, 15) is 0 Å². The van der Waals surface area contributed by atoms with Gasteiger partial charge in [0, 0.05) is 5.88 Å². The second-order valence-corrected chi connectivity index (χ2v) is 1.96. The first-order valence-electron chi connectivity index (χ1n) is 2.04. The van der Waals surface area contributed by atoms with E-state index < -0.39 is 0 Å². The van der Waals surface area contributed by atoms with Crippen LogP contribution in [0.25, 0.3) is 0 Å². The topological polar surface area (TPSA) is 18.5 Å². The number of hydrogen-bond donors (Lipinski definition) is 0. The lowest BCUT2D eigenvalue weighted by molar-refractivity contribution is 0.0289. The third-order valence-corrected chi connectivity index (χ3v) is 0.813. The zero-order valence-corrected chi connectivity index (χ0v) is 7.07. The normalized spacial score (nSPS) is 9.29. The smallest absolute Gasteiger partial charge is 0.412 e. The highest BCUT2D eigenvalue weighted by atomic mass is 35.5. The molecule has 0 N–H and O–H groups in total. The molecular formula is C3H8AlClO2. The van der Waals surface area contributed by atoms with Crippen molar-refractivity contribution in [3.63, 3.8) is 0 Å². The van der Waals surface area contributed by atoms with Crippen molar-refractivity contribution >= 4 is 28.2 Å². The lowest BCUT2D eigenvalue weighted by atomic mass is 10.9. The van der Waals surface area contributed by atoms with Crippen molar-refractivity contribution in [3.05, 3.63) is 0 Å². The SMILES string of the molecule is [AlH2][O]COCCCl. The van der Waals surface area contributed by atoms with Crippen LogP contribution in [0.15, 0.2) is 0 Å². The van der Waals surface area contributed by atoms with Crippen LogP contribution in [-0.4, -0.2) is 35.9 Å². The van der Waals surface area contributed by atoms with Gasteiger partial charge in [-0.25, -0.2) is 0 Å². The van der Waals surface area contributed by atoms with Gasteiger partial charge in [-0.05, 0) is 0 Å². The fourth-order valence-corrected chi connectivity index (χ4v) is 0.473. The van der Waals surface area contributed by atoms with Crippen molar-refractivity contribution in [1.82, 2.24) is 0 Å². The number of halogens is 1. The Balaban J connectivity index is 2.45. The van der Waals surface area contributed by atoms with Crippen molar-refractivity contribution in [3.8, 4) is 0 Å². The van der Waals surface area contributed by atoms with Gasteiger partial charge in [0.1, 0.15) is 6.79 Å². The monoisotopic (exact) mass is 138 g/mol. The zero-order chi connectivity index (χ0) is 5.54. The summed E-state index contributed by atoms with van der Waals surface area (Å²) in [4.78, 5) is 0. The van der Waals surface area contributed by atoms with Gasteiger partial charge in [0.25, 0.3) is 0 Å². The zero-order valence-electron chi connectivity index (χ0n) is 4.32. The van der Waals surface area contributed by atoms with Gasteiger partial charge in [0.05, 0.1) is 6.61 Å². The third-order valence-electron chi connectivity index (χ3n) is 0.423. The van der Waals surface area contributed by atoms with Crippen molar-refractivity contribution in [2.24, 2.45) is 0 Å². The maximum Gasteiger partial charge on any atom is 0.412 e. The summed E-state index contributed by atoms with van der Waals surface area (Å²) in [6.45, 7) is 0.989. The third kappa shape index (κ3) is 6.74. The van der Waals surface area contributed by atoms with Gasteiger partial charge in [0.15, 0.2) is 0 Å². The molecule has 0 unspecified atom stereocenters. The van der Waals surface area contributed by atoms with Crippen LogP contribution < -0.4 is 0 Å². The van der Waals surface area contributed by atoms with Crippen LogP contribution in [0.1, 0.15) is 0 Å². The molecule has 0 spiro atoms. The Hall–Kier alpha value is 0.742. The fourth-order valence-electron chi connectivity index (χ4n) is 0.197. The molecule has 4 heteroatoms. The van der Waals surface area contributed by atoms with Crippen molar-refractivity contribution < 1.29 is 8.53 Å². The Bertz CT molecular complexity index is 32.1. The van der Waals surface area contributed by atoms with E-state index in [1.165, 1.54) is 0 Å². The highest BCUT2D eigenvalue weighted by molar-refractivity contribution is 6.17. The summed E-state index contributed by atoms with van der Waals surface area (Å²) in [5.74, 6) is 0.547. The average Bonchev–Trinajstić information content (AvgIpc) is 1.69. The van der Waals surface area contributed by atoms with E-state index in [2.05, 4.69) is 0 Å². The van der Waals surface area contributed by atoms with E-state index in [4.69, 9.17) is 20.1 Å². The van der Waals surface area contributed by atoms with E-state index in [1.54, 1.807) is 0 Å². The largest absolute Gasteiger partial charge is 0.486 e. The van der Waals surface area contributed by atoms with E-state index in [0.717, 1.165) is 16.6 Å². The summed E-state index contributed by atoms with van der Waals surface area (Å²) in [5, 5.41) is 0. The summed E-state index contributed by atoms with van der Waals surface area (Å²) in [6.07, 6.45) is 0. The Labute approximate surface area is 56.5 Å². The molecule has 0 fully saturated rings. The van der Waals surface area contributed by atoms with E-state index >= 15 is 0 Å². The molecule has 0 aromatic carbocycles.